The lowest BCUT2D eigenvalue weighted by atomic mass is 10.3. The summed E-state index contributed by atoms with van der Waals surface area (Å²) < 4.78 is 40.5. The average molecular weight is 409 g/mol. The maximum absolute atomic E-state index is 13.8. The lowest BCUT2D eigenvalue weighted by molar-refractivity contribution is -0.131. The van der Waals surface area contributed by atoms with Crippen molar-refractivity contribution in [2.75, 3.05) is 26.2 Å². The van der Waals surface area contributed by atoms with Crippen molar-refractivity contribution in [2.45, 2.75) is 22.0 Å². The third-order valence-electron chi connectivity index (χ3n) is 4.42. The number of thioether (sulfide) groups is 1. The lowest BCUT2D eigenvalue weighted by Gasteiger charge is -2.35. The number of carbonyl (C=O) groups excluding carboxylic acids is 1. The fraction of sp³-hybridized carbons (Fsp3) is 0.316. The lowest BCUT2D eigenvalue weighted by Crippen LogP contribution is -2.52. The first-order valence-corrected chi connectivity index (χ1v) is 11.0. The van der Waals surface area contributed by atoms with E-state index in [1.165, 1.54) is 22.1 Å². The summed E-state index contributed by atoms with van der Waals surface area (Å²) in [5, 5.41) is -0.445. The van der Waals surface area contributed by atoms with Crippen LogP contribution in [0.15, 0.2) is 64.4 Å². The van der Waals surface area contributed by atoms with Gasteiger partial charge in [0.25, 0.3) is 0 Å². The minimum Gasteiger partial charge on any atom is -0.339 e. The number of sulfonamides is 1. The highest BCUT2D eigenvalue weighted by molar-refractivity contribution is 8.00. The van der Waals surface area contributed by atoms with Crippen LogP contribution in [0.5, 0.6) is 0 Å². The van der Waals surface area contributed by atoms with E-state index in [2.05, 4.69) is 0 Å². The van der Waals surface area contributed by atoms with Gasteiger partial charge in [-0.3, -0.25) is 4.79 Å². The van der Waals surface area contributed by atoms with Gasteiger partial charge in [0.1, 0.15) is 5.82 Å². The van der Waals surface area contributed by atoms with Crippen molar-refractivity contribution in [3.63, 3.8) is 0 Å². The predicted molar refractivity (Wildman–Crippen MR) is 103 cm³/mol. The molecule has 0 bridgehead atoms. The van der Waals surface area contributed by atoms with Crippen LogP contribution >= 0.6 is 11.8 Å². The van der Waals surface area contributed by atoms with Gasteiger partial charge >= 0.3 is 0 Å². The molecule has 1 atom stereocenters. The Morgan fingerprint density at radius 1 is 1.00 bits per heavy atom. The molecular weight excluding hydrogens is 387 g/mol. The topological polar surface area (TPSA) is 57.7 Å². The molecule has 0 spiro atoms. The summed E-state index contributed by atoms with van der Waals surface area (Å²) in [7, 11) is -3.55. The smallest absolute Gasteiger partial charge is 0.243 e. The Morgan fingerprint density at radius 2 is 1.59 bits per heavy atom. The maximum Gasteiger partial charge on any atom is 0.243 e. The molecule has 1 aliphatic rings. The van der Waals surface area contributed by atoms with E-state index in [0.29, 0.717) is 18.0 Å². The summed E-state index contributed by atoms with van der Waals surface area (Å²) in [6, 6.07) is 14.6. The van der Waals surface area contributed by atoms with Gasteiger partial charge < -0.3 is 4.90 Å². The van der Waals surface area contributed by atoms with Gasteiger partial charge in [-0.05, 0) is 31.2 Å². The first-order valence-electron chi connectivity index (χ1n) is 8.65. The molecule has 8 heteroatoms. The van der Waals surface area contributed by atoms with Crippen LogP contribution < -0.4 is 0 Å². The Kier molecular flexibility index (Phi) is 6.18. The largest absolute Gasteiger partial charge is 0.339 e. The molecule has 3 rings (SSSR count). The Hall–Kier alpha value is -1.90. The number of benzene rings is 2. The number of piperazine rings is 1. The van der Waals surface area contributed by atoms with Crippen molar-refractivity contribution in [1.29, 1.82) is 0 Å². The SMILES string of the molecule is C[C@@H](Sc1ccccc1F)C(=O)N1CCN(S(=O)(=O)c2ccccc2)CC1. The summed E-state index contributed by atoms with van der Waals surface area (Å²) >= 11 is 1.18. The van der Waals surface area contributed by atoms with Crippen molar-refractivity contribution in [3.05, 3.63) is 60.4 Å². The van der Waals surface area contributed by atoms with Crippen molar-refractivity contribution in [2.24, 2.45) is 0 Å². The number of nitrogens with zero attached hydrogens (tertiary/aromatic N) is 2. The minimum atomic E-state index is -3.55. The van der Waals surface area contributed by atoms with Crippen LogP contribution in [0, 0.1) is 5.82 Å². The molecule has 1 amide bonds. The maximum atomic E-state index is 13.8. The van der Waals surface area contributed by atoms with Crippen LogP contribution in [0.1, 0.15) is 6.92 Å². The summed E-state index contributed by atoms with van der Waals surface area (Å²) in [4.78, 5) is 15.0. The van der Waals surface area contributed by atoms with E-state index in [9.17, 15) is 17.6 Å². The van der Waals surface area contributed by atoms with Crippen molar-refractivity contribution in [1.82, 2.24) is 9.21 Å². The first-order chi connectivity index (χ1) is 12.9. The van der Waals surface area contributed by atoms with Crippen LogP contribution in [-0.4, -0.2) is 55.0 Å². The van der Waals surface area contributed by atoms with Crippen LogP contribution in [0.4, 0.5) is 4.39 Å². The third-order valence-corrected chi connectivity index (χ3v) is 7.47. The Morgan fingerprint density at radius 3 is 2.22 bits per heavy atom. The molecule has 2 aromatic carbocycles. The highest BCUT2D eigenvalue weighted by Gasteiger charge is 2.31. The van der Waals surface area contributed by atoms with E-state index in [0.717, 1.165) is 0 Å². The number of hydrogen-bond donors (Lipinski definition) is 0. The van der Waals surface area contributed by atoms with Gasteiger partial charge in [0, 0.05) is 31.1 Å². The van der Waals surface area contributed by atoms with E-state index in [4.69, 9.17) is 0 Å². The highest BCUT2D eigenvalue weighted by atomic mass is 32.2. The fourth-order valence-electron chi connectivity index (χ4n) is 2.93. The van der Waals surface area contributed by atoms with Crippen molar-refractivity contribution < 1.29 is 17.6 Å². The number of rotatable bonds is 5. The average Bonchev–Trinajstić information content (AvgIpc) is 2.70. The molecule has 5 nitrogen and oxygen atoms in total. The molecule has 27 heavy (non-hydrogen) atoms. The molecule has 0 unspecified atom stereocenters. The molecule has 0 N–H and O–H groups in total. The number of halogens is 1. The molecule has 0 aromatic heterocycles. The molecule has 1 fully saturated rings. The zero-order valence-electron chi connectivity index (χ0n) is 14.9. The first kappa shape index (κ1) is 19.9. The molecule has 0 saturated carbocycles. The van der Waals surface area contributed by atoms with Crippen LogP contribution in [0.25, 0.3) is 0 Å². The number of hydrogen-bond acceptors (Lipinski definition) is 4. The van der Waals surface area contributed by atoms with Gasteiger partial charge in [0.05, 0.1) is 10.1 Å². The quantitative estimate of drug-likeness (QED) is 0.714. The van der Waals surface area contributed by atoms with Crippen LogP contribution in [-0.2, 0) is 14.8 Å². The van der Waals surface area contributed by atoms with Gasteiger partial charge in [-0.1, -0.05) is 30.3 Å². The molecule has 0 aliphatic carbocycles. The second-order valence-corrected chi connectivity index (χ2v) is 9.55. The molecule has 1 aliphatic heterocycles. The van der Waals surface area contributed by atoms with E-state index in [1.54, 1.807) is 60.4 Å². The van der Waals surface area contributed by atoms with Gasteiger partial charge in [-0.15, -0.1) is 11.8 Å². The summed E-state index contributed by atoms with van der Waals surface area (Å²) in [6.45, 7) is 2.90. The Labute approximate surface area is 163 Å². The standard InChI is InChI=1S/C19H21FN2O3S2/c1-15(26-18-10-6-5-9-17(18)20)19(23)21-11-13-22(14-12-21)27(24,25)16-7-3-2-4-8-16/h2-10,15H,11-14H2,1H3/t15-/m1/s1. The Bertz CT molecular complexity index is 898. The van der Waals surface area contributed by atoms with E-state index in [-0.39, 0.29) is 29.7 Å². The van der Waals surface area contributed by atoms with Gasteiger partial charge in [0.15, 0.2) is 0 Å². The molecule has 0 radical (unpaired) electrons. The molecule has 144 valence electrons. The van der Waals surface area contributed by atoms with E-state index >= 15 is 0 Å². The summed E-state index contributed by atoms with van der Waals surface area (Å²) in [5.41, 5.74) is 0. The predicted octanol–water partition coefficient (Wildman–Crippen LogP) is 2.84. The molecule has 2 aromatic rings. The highest BCUT2D eigenvalue weighted by Crippen LogP contribution is 2.27. The third kappa shape index (κ3) is 4.51. The Balaban J connectivity index is 1.60. The second kappa shape index (κ2) is 8.41. The molecule has 1 heterocycles. The van der Waals surface area contributed by atoms with Gasteiger partial charge in [0.2, 0.25) is 15.9 Å². The zero-order chi connectivity index (χ0) is 19.4. The second-order valence-electron chi connectivity index (χ2n) is 6.23. The molecular formula is C19H21FN2O3S2. The summed E-state index contributed by atoms with van der Waals surface area (Å²) in [5.74, 6) is -0.457. The van der Waals surface area contributed by atoms with Crippen LogP contribution in [0.2, 0.25) is 0 Å². The normalized spacial score (nSPS) is 16.9. The van der Waals surface area contributed by atoms with Gasteiger partial charge in [-0.2, -0.15) is 4.31 Å². The minimum absolute atomic E-state index is 0.111. The fourth-order valence-corrected chi connectivity index (χ4v) is 5.34. The van der Waals surface area contributed by atoms with Crippen molar-refractivity contribution >= 4 is 27.7 Å². The number of amides is 1. The molecule has 1 saturated heterocycles. The van der Waals surface area contributed by atoms with E-state index < -0.39 is 15.3 Å². The van der Waals surface area contributed by atoms with Gasteiger partial charge in [-0.25, -0.2) is 12.8 Å². The summed E-state index contributed by atoms with van der Waals surface area (Å²) in [6.07, 6.45) is 0. The monoisotopic (exact) mass is 408 g/mol. The zero-order valence-corrected chi connectivity index (χ0v) is 16.5. The van der Waals surface area contributed by atoms with Crippen molar-refractivity contribution in [3.8, 4) is 0 Å². The van der Waals surface area contributed by atoms with Crippen LogP contribution in [0.3, 0.4) is 0 Å². The van der Waals surface area contributed by atoms with E-state index in [1.807, 2.05) is 0 Å². The number of carbonyl (C=O) groups is 1.